The van der Waals surface area contributed by atoms with E-state index in [0.29, 0.717) is 0 Å². The van der Waals surface area contributed by atoms with E-state index in [9.17, 15) is 5.11 Å². The van der Waals surface area contributed by atoms with Crippen molar-refractivity contribution < 1.29 is 14.9 Å². The van der Waals surface area contributed by atoms with E-state index in [1.54, 1.807) is 7.11 Å². The Balaban J connectivity index is 2.69. The number of hydrogen-bond donors (Lipinski definition) is 3. The van der Waals surface area contributed by atoms with E-state index in [4.69, 9.17) is 15.6 Å². The molecule has 1 aliphatic rings. The molecule has 4 nitrogen and oxygen atoms in total. The normalized spacial score (nSPS) is 46.4. The van der Waals surface area contributed by atoms with Gasteiger partial charge in [-0.1, -0.05) is 6.92 Å². The standard InChI is InChI=1S/C9H19NO3/c1-5-3-6(4-11)9(13-2)8(12)7(5)10/h5-9,11-12H,3-4,10H2,1-2H3. The van der Waals surface area contributed by atoms with Crippen LogP contribution in [0.4, 0.5) is 0 Å². The van der Waals surface area contributed by atoms with E-state index < -0.39 is 6.10 Å². The van der Waals surface area contributed by atoms with Gasteiger partial charge in [-0.15, -0.1) is 0 Å². The predicted octanol–water partition coefficient (Wildman–Crippen LogP) is -0.662. The van der Waals surface area contributed by atoms with Crippen molar-refractivity contribution in [2.24, 2.45) is 17.6 Å². The molecule has 78 valence electrons. The van der Waals surface area contributed by atoms with Crippen LogP contribution in [0.3, 0.4) is 0 Å². The fourth-order valence-corrected chi connectivity index (χ4v) is 2.11. The van der Waals surface area contributed by atoms with E-state index in [1.807, 2.05) is 6.92 Å². The number of aliphatic hydroxyl groups is 2. The Morgan fingerprint density at radius 2 is 2.15 bits per heavy atom. The number of rotatable bonds is 2. The highest BCUT2D eigenvalue weighted by Crippen LogP contribution is 2.30. The number of nitrogens with two attached hydrogens (primary N) is 1. The summed E-state index contributed by atoms with van der Waals surface area (Å²) >= 11 is 0. The molecule has 1 saturated carbocycles. The molecular weight excluding hydrogens is 170 g/mol. The highest BCUT2D eigenvalue weighted by atomic mass is 16.5. The van der Waals surface area contributed by atoms with Crippen LogP contribution in [0.15, 0.2) is 0 Å². The minimum absolute atomic E-state index is 0.00907. The molecule has 5 atom stereocenters. The largest absolute Gasteiger partial charge is 0.396 e. The highest BCUT2D eigenvalue weighted by molar-refractivity contribution is 4.93. The second kappa shape index (κ2) is 4.37. The summed E-state index contributed by atoms with van der Waals surface area (Å²) in [5.74, 6) is 0.244. The van der Waals surface area contributed by atoms with Gasteiger partial charge in [-0.2, -0.15) is 0 Å². The summed E-state index contributed by atoms with van der Waals surface area (Å²) < 4.78 is 5.14. The molecule has 0 aromatic heterocycles. The van der Waals surface area contributed by atoms with Gasteiger partial charge in [0.15, 0.2) is 0 Å². The maximum absolute atomic E-state index is 9.75. The second-order valence-electron chi connectivity index (χ2n) is 3.92. The lowest BCUT2D eigenvalue weighted by atomic mass is 9.76. The molecule has 13 heavy (non-hydrogen) atoms. The maximum Gasteiger partial charge on any atom is 0.0958 e. The first-order valence-corrected chi connectivity index (χ1v) is 4.69. The molecule has 1 fully saturated rings. The Morgan fingerprint density at radius 1 is 1.54 bits per heavy atom. The molecule has 0 heterocycles. The van der Waals surface area contributed by atoms with E-state index >= 15 is 0 Å². The van der Waals surface area contributed by atoms with Gasteiger partial charge in [0, 0.05) is 25.7 Å². The van der Waals surface area contributed by atoms with Gasteiger partial charge in [0.1, 0.15) is 0 Å². The number of methoxy groups -OCH3 is 1. The number of hydrogen-bond acceptors (Lipinski definition) is 4. The van der Waals surface area contributed by atoms with Crippen LogP contribution in [-0.4, -0.2) is 42.2 Å². The molecule has 0 bridgehead atoms. The van der Waals surface area contributed by atoms with Crippen molar-refractivity contribution in [3.8, 4) is 0 Å². The Hall–Kier alpha value is -0.160. The molecular formula is C9H19NO3. The first-order chi connectivity index (χ1) is 6.11. The van der Waals surface area contributed by atoms with Crippen molar-refractivity contribution in [1.29, 1.82) is 0 Å². The zero-order valence-corrected chi connectivity index (χ0v) is 8.18. The molecule has 0 aromatic carbocycles. The minimum Gasteiger partial charge on any atom is -0.396 e. The second-order valence-corrected chi connectivity index (χ2v) is 3.92. The Morgan fingerprint density at radius 3 is 2.62 bits per heavy atom. The molecule has 4 N–H and O–H groups in total. The molecule has 0 aliphatic heterocycles. The molecule has 0 amide bonds. The first-order valence-electron chi connectivity index (χ1n) is 4.69. The third-order valence-corrected chi connectivity index (χ3v) is 3.03. The summed E-state index contributed by atoms with van der Waals surface area (Å²) in [5, 5.41) is 18.8. The Kier molecular flexibility index (Phi) is 3.67. The summed E-state index contributed by atoms with van der Waals surface area (Å²) in [6.07, 6.45) is -0.171. The molecule has 1 rings (SSSR count). The third-order valence-electron chi connectivity index (χ3n) is 3.03. The molecule has 0 radical (unpaired) electrons. The van der Waals surface area contributed by atoms with Gasteiger partial charge in [-0.3, -0.25) is 0 Å². The SMILES string of the molecule is COC1C(CO)CC(C)C(N)C1O. The third kappa shape index (κ3) is 2.02. The van der Waals surface area contributed by atoms with E-state index in [-0.39, 0.29) is 30.6 Å². The Bertz CT molecular complexity index is 163. The van der Waals surface area contributed by atoms with E-state index in [0.717, 1.165) is 6.42 Å². The summed E-state index contributed by atoms with van der Waals surface area (Å²) in [6.45, 7) is 2.04. The topological polar surface area (TPSA) is 75.7 Å². The molecule has 0 saturated heterocycles. The average Bonchev–Trinajstić information content (AvgIpc) is 2.13. The van der Waals surface area contributed by atoms with E-state index in [1.165, 1.54) is 0 Å². The first kappa shape index (κ1) is 10.9. The van der Waals surface area contributed by atoms with Crippen molar-refractivity contribution in [1.82, 2.24) is 0 Å². The van der Waals surface area contributed by atoms with Crippen LogP contribution in [0.5, 0.6) is 0 Å². The molecule has 5 unspecified atom stereocenters. The van der Waals surface area contributed by atoms with Crippen LogP contribution < -0.4 is 5.73 Å². The van der Waals surface area contributed by atoms with E-state index in [2.05, 4.69) is 0 Å². The van der Waals surface area contributed by atoms with Crippen LogP contribution in [0.2, 0.25) is 0 Å². The average molecular weight is 189 g/mol. The van der Waals surface area contributed by atoms with Crippen LogP contribution in [0.25, 0.3) is 0 Å². The summed E-state index contributed by atoms with van der Waals surface area (Å²) in [5.41, 5.74) is 5.79. The minimum atomic E-state index is -0.661. The monoisotopic (exact) mass is 189 g/mol. The lowest BCUT2D eigenvalue weighted by Gasteiger charge is -2.41. The van der Waals surface area contributed by atoms with Gasteiger partial charge in [0.05, 0.1) is 12.2 Å². The fraction of sp³-hybridized carbons (Fsp3) is 1.00. The van der Waals surface area contributed by atoms with Crippen molar-refractivity contribution in [3.63, 3.8) is 0 Å². The van der Waals surface area contributed by atoms with Gasteiger partial charge < -0.3 is 20.7 Å². The van der Waals surface area contributed by atoms with Gasteiger partial charge in [0.25, 0.3) is 0 Å². The zero-order chi connectivity index (χ0) is 10.0. The fourth-order valence-electron chi connectivity index (χ4n) is 2.11. The summed E-state index contributed by atoms with van der Waals surface area (Å²) in [7, 11) is 1.54. The maximum atomic E-state index is 9.75. The van der Waals surface area contributed by atoms with Crippen LogP contribution >= 0.6 is 0 Å². The predicted molar refractivity (Wildman–Crippen MR) is 49.1 cm³/mol. The van der Waals surface area contributed by atoms with Crippen LogP contribution in [0, 0.1) is 11.8 Å². The van der Waals surface area contributed by atoms with Gasteiger partial charge >= 0.3 is 0 Å². The number of aliphatic hydroxyl groups excluding tert-OH is 2. The van der Waals surface area contributed by atoms with Gasteiger partial charge in [-0.25, -0.2) is 0 Å². The van der Waals surface area contributed by atoms with Crippen molar-refractivity contribution in [2.75, 3.05) is 13.7 Å². The van der Waals surface area contributed by atoms with Crippen molar-refractivity contribution >= 4 is 0 Å². The molecule has 0 spiro atoms. The lowest BCUT2D eigenvalue weighted by molar-refractivity contribution is -0.102. The van der Waals surface area contributed by atoms with Crippen molar-refractivity contribution in [3.05, 3.63) is 0 Å². The molecule has 4 heteroatoms. The highest BCUT2D eigenvalue weighted by Gasteiger charge is 2.40. The molecule has 0 aromatic rings. The molecule has 1 aliphatic carbocycles. The van der Waals surface area contributed by atoms with Gasteiger partial charge in [0.2, 0.25) is 0 Å². The smallest absolute Gasteiger partial charge is 0.0958 e. The zero-order valence-electron chi connectivity index (χ0n) is 8.18. The lowest BCUT2D eigenvalue weighted by Crippen LogP contribution is -2.55. The Labute approximate surface area is 78.7 Å². The van der Waals surface area contributed by atoms with Crippen LogP contribution in [-0.2, 0) is 4.74 Å². The number of ether oxygens (including phenoxy) is 1. The summed E-state index contributed by atoms with van der Waals surface area (Å²) in [6, 6.07) is -0.243. The van der Waals surface area contributed by atoms with Gasteiger partial charge in [-0.05, 0) is 12.3 Å². The van der Waals surface area contributed by atoms with Crippen molar-refractivity contribution in [2.45, 2.75) is 31.6 Å². The van der Waals surface area contributed by atoms with Crippen LogP contribution in [0.1, 0.15) is 13.3 Å². The summed E-state index contributed by atoms with van der Waals surface area (Å²) in [4.78, 5) is 0. The quantitative estimate of drug-likeness (QED) is 0.539.